The van der Waals surface area contributed by atoms with Crippen LogP contribution in [0.1, 0.15) is 66.2 Å². The van der Waals surface area contributed by atoms with Gasteiger partial charge in [0.2, 0.25) is 5.82 Å². The predicted octanol–water partition coefficient (Wildman–Crippen LogP) is 5.88. The molecular weight excluding hydrogens is 409 g/mol. The van der Waals surface area contributed by atoms with Crippen molar-refractivity contribution >= 4 is 17.4 Å². The van der Waals surface area contributed by atoms with E-state index < -0.39 is 52.0 Å². The first-order valence-electron chi connectivity index (χ1n) is 9.38. The molecule has 2 aromatic rings. The Labute approximate surface area is 169 Å². The first kappa shape index (κ1) is 23.3. The van der Waals surface area contributed by atoms with E-state index in [1.165, 1.54) is 6.07 Å². The van der Waals surface area contributed by atoms with E-state index in [0.717, 1.165) is 37.8 Å². The van der Waals surface area contributed by atoms with Crippen molar-refractivity contribution < 1.29 is 36.6 Å². The summed E-state index contributed by atoms with van der Waals surface area (Å²) in [4.78, 5) is 24.6. The van der Waals surface area contributed by atoms with Crippen LogP contribution in [0.4, 0.5) is 27.6 Å². The average molecular weight is 429 g/mol. The highest BCUT2D eigenvalue weighted by Crippen LogP contribution is 2.29. The molecule has 9 heteroatoms. The molecular formula is C21H20F5NO3. The van der Waals surface area contributed by atoms with Gasteiger partial charge in [-0.2, -0.15) is 0 Å². The van der Waals surface area contributed by atoms with Gasteiger partial charge in [-0.05, 0) is 24.6 Å². The molecule has 0 radical (unpaired) electrons. The Hall–Kier alpha value is -2.97. The summed E-state index contributed by atoms with van der Waals surface area (Å²) in [5.74, 6) is -13.5. The van der Waals surface area contributed by atoms with Crippen LogP contribution in [0.15, 0.2) is 18.2 Å². The van der Waals surface area contributed by atoms with E-state index in [1.54, 1.807) is 5.32 Å². The number of nitrogens with one attached hydrogen (secondary N) is 1. The normalized spacial score (nSPS) is 10.9. The van der Waals surface area contributed by atoms with Crippen LogP contribution < -0.4 is 5.32 Å². The van der Waals surface area contributed by atoms with Gasteiger partial charge in [0.25, 0.3) is 5.91 Å². The number of unbranched alkanes of at least 4 members (excludes halogenated alkanes) is 4. The minimum absolute atomic E-state index is 0.0749. The number of Topliss-reactive ketones (excluding diaryl/α,β-unsaturated/α-hetero) is 1. The molecule has 0 unspecified atom stereocenters. The second-order valence-corrected chi connectivity index (χ2v) is 6.72. The van der Waals surface area contributed by atoms with Crippen molar-refractivity contribution in [3.05, 3.63) is 58.4 Å². The van der Waals surface area contributed by atoms with Crippen molar-refractivity contribution in [2.45, 2.75) is 45.4 Å². The van der Waals surface area contributed by atoms with E-state index >= 15 is 0 Å². The van der Waals surface area contributed by atoms with E-state index in [2.05, 4.69) is 6.92 Å². The maximum atomic E-state index is 13.8. The standard InChI is InChI=1S/C21H20F5NO3/c1-2-3-4-5-6-7-13(28)11-8-9-14(29)12(10-11)21(30)27-20-18(25)16(23)15(22)17(24)19(20)26/h8-10,29H,2-7H2,1H3,(H,27,30). The molecule has 4 nitrogen and oxygen atoms in total. The molecule has 2 aromatic carbocycles. The highest BCUT2D eigenvalue weighted by Gasteiger charge is 2.27. The number of hydrogen-bond acceptors (Lipinski definition) is 3. The summed E-state index contributed by atoms with van der Waals surface area (Å²) in [6.07, 6.45) is 4.77. The number of ketones is 1. The van der Waals surface area contributed by atoms with Gasteiger partial charge in [-0.25, -0.2) is 22.0 Å². The lowest BCUT2D eigenvalue weighted by atomic mass is 10.0. The van der Waals surface area contributed by atoms with Crippen LogP contribution in [0.2, 0.25) is 0 Å². The molecule has 2 N–H and O–H groups in total. The molecule has 0 aromatic heterocycles. The highest BCUT2D eigenvalue weighted by atomic mass is 19.2. The smallest absolute Gasteiger partial charge is 0.259 e. The van der Waals surface area contributed by atoms with Crippen LogP contribution >= 0.6 is 0 Å². The number of carbonyl (C=O) groups is 2. The molecule has 0 fully saturated rings. The third-order valence-corrected chi connectivity index (χ3v) is 4.52. The molecule has 30 heavy (non-hydrogen) atoms. The quantitative estimate of drug-likeness (QED) is 0.172. The Morgan fingerprint density at radius 3 is 2.03 bits per heavy atom. The highest BCUT2D eigenvalue weighted by molar-refractivity contribution is 6.08. The minimum atomic E-state index is -2.36. The van der Waals surface area contributed by atoms with Gasteiger partial charge in [0, 0.05) is 12.0 Å². The summed E-state index contributed by atoms with van der Waals surface area (Å²) in [6, 6.07) is 3.32. The SMILES string of the molecule is CCCCCCCC(=O)c1ccc(O)c(C(=O)Nc2c(F)c(F)c(F)c(F)c2F)c1. The third kappa shape index (κ3) is 5.14. The minimum Gasteiger partial charge on any atom is -0.507 e. The second kappa shape index (κ2) is 10.2. The molecule has 0 saturated heterocycles. The lowest BCUT2D eigenvalue weighted by Crippen LogP contribution is -2.17. The largest absolute Gasteiger partial charge is 0.507 e. The number of rotatable bonds is 9. The van der Waals surface area contributed by atoms with Gasteiger partial charge in [-0.3, -0.25) is 9.59 Å². The maximum Gasteiger partial charge on any atom is 0.259 e. The maximum absolute atomic E-state index is 13.8. The number of benzene rings is 2. The van der Waals surface area contributed by atoms with Crippen molar-refractivity contribution in [3.63, 3.8) is 0 Å². The van der Waals surface area contributed by atoms with E-state index in [9.17, 15) is 36.6 Å². The fourth-order valence-corrected chi connectivity index (χ4v) is 2.82. The van der Waals surface area contributed by atoms with Crippen LogP contribution in [0.5, 0.6) is 5.75 Å². The molecule has 0 saturated carbocycles. The molecule has 0 atom stereocenters. The van der Waals surface area contributed by atoms with E-state index in [1.807, 2.05) is 0 Å². The average Bonchev–Trinajstić information content (AvgIpc) is 2.73. The zero-order valence-electron chi connectivity index (χ0n) is 16.1. The zero-order chi connectivity index (χ0) is 22.4. The number of carbonyl (C=O) groups excluding carboxylic acids is 2. The van der Waals surface area contributed by atoms with Crippen molar-refractivity contribution in [2.24, 2.45) is 0 Å². The van der Waals surface area contributed by atoms with Crippen molar-refractivity contribution in [1.29, 1.82) is 0 Å². The van der Waals surface area contributed by atoms with Crippen LogP contribution in [-0.2, 0) is 0 Å². The zero-order valence-corrected chi connectivity index (χ0v) is 16.1. The van der Waals surface area contributed by atoms with Gasteiger partial charge in [-0.15, -0.1) is 0 Å². The van der Waals surface area contributed by atoms with Gasteiger partial charge in [0.15, 0.2) is 29.1 Å². The molecule has 2 rings (SSSR count). The second-order valence-electron chi connectivity index (χ2n) is 6.72. The summed E-state index contributed by atoms with van der Waals surface area (Å²) in [7, 11) is 0. The van der Waals surface area contributed by atoms with Crippen molar-refractivity contribution in [3.8, 4) is 5.75 Å². The first-order valence-corrected chi connectivity index (χ1v) is 9.38. The fourth-order valence-electron chi connectivity index (χ4n) is 2.82. The number of phenols is 1. The molecule has 0 bridgehead atoms. The molecule has 0 spiro atoms. The molecule has 0 aliphatic rings. The Balaban J connectivity index is 2.21. The number of hydrogen-bond donors (Lipinski definition) is 2. The van der Waals surface area contributed by atoms with Gasteiger partial charge in [-0.1, -0.05) is 32.6 Å². The molecule has 0 aliphatic heterocycles. The molecule has 1 amide bonds. The van der Waals surface area contributed by atoms with E-state index in [0.29, 0.717) is 6.42 Å². The summed E-state index contributed by atoms with van der Waals surface area (Å²) < 4.78 is 67.2. The number of phenolic OH excluding ortho intramolecular Hbond substituents is 1. The lowest BCUT2D eigenvalue weighted by Gasteiger charge is -2.11. The van der Waals surface area contributed by atoms with E-state index in [4.69, 9.17) is 0 Å². The molecule has 0 heterocycles. The summed E-state index contributed by atoms with van der Waals surface area (Å²) in [5.41, 5.74) is -2.02. The number of amides is 1. The lowest BCUT2D eigenvalue weighted by molar-refractivity contribution is 0.0979. The van der Waals surface area contributed by atoms with Gasteiger partial charge < -0.3 is 10.4 Å². The van der Waals surface area contributed by atoms with E-state index in [-0.39, 0.29) is 17.8 Å². The van der Waals surface area contributed by atoms with Gasteiger partial charge in [0.05, 0.1) is 5.56 Å². The fraction of sp³-hybridized carbons (Fsp3) is 0.333. The topological polar surface area (TPSA) is 66.4 Å². The summed E-state index contributed by atoms with van der Waals surface area (Å²) >= 11 is 0. The van der Waals surface area contributed by atoms with Crippen molar-refractivity contribution in [2.75, 3.05) is 5.32 Å². The Kier molecular flexibility index (Phi) is 7.91. The molecule has 162 valence electrons. The summed E-state index contributed by atoms with van der Waals surface area (Å²) in [6.45, 7) is 2.06. The predicted molar refractivity (Wildman–Crippen MR) is 100.0 cm³/mol. The van der Waals surface area contributed by atoms with Crippen LogP contribution in [0.25, 0.3) is 0 Å². The summed E-state index contributed by atoms with van der Waals surface area (Å²) in [5, 5.41) is 11.4. The van der Waals surface area contributed by atoms with Gasteiger partial charge in [0.1, 0.15) is 11.4 Å². The molecule has 0 aliphatic carbocycles. The first-order chi connectivity index (χ1) is 14.2. The van der Waals surface area contributed by atoms with Crippen LogP contribution in [-0.4, -0.2) is 16.8 Å². The van der Waals surface area contributed by atoms with Crippen LogP contribution in [0.3, 0.4) is 0 Å². The number of aromatic hydroxyl groups is 1. The Bertz CT molecular complexity index is 933. The number of halogens is 5. The van der Waals surface area contributed by atoms with Gasteiger partial charge >= 0.3 is 0 Å². The third-order valence-electron chi connectivity index (χ3n) is 4.52. The van der Waals surface area contributed by atoms with Crippen LogP contribution in [0, 0.1) is 29.1 Å². The Morgan fingerprint density at radius 1 is 0.867 bits per heavy atom. The Morgan fingerprint density at radius 2 is 1.43 bits per heavy atom. The monoisotopic (exact) mass is 429 g/mol. The van der Waals surface area contributed by atoms with Crippen molar-refractivity contribution in [1.82, 2.24) is 0 Å². The number of anilines is 1.